The molecule has 4 nitrogen and oxygen atoms in total. The minimum atomic E-state index is 0.0134. The molecule has 1 aromatic carbocycles. The van der Waals surface area contributed by atoms with Crippen molar-refractivity contribution in [1.29, 1.82) is 0 Å². The van der Waals surface area contributed by atoms with Gasteiger partial charge in [-0.15, -0.1) is 0 Å². The molecule has 0 N–H and O–H groups in total. The van der Waals surface area contributed by atoms with Crippen LogP contribution in [0.25, 0.3) is 10.6 Å². The summed E-state index contributed by atoms with van der Waals surface area (Å²) < 4.78 is 4.89. The quantitative estimate of drug-likeness (QED) is 0.799. The number of halogens is 1. The van der Waals surface area contributed by atoms with E-state index in [2.05, 4.69) is 50.4 Å². The van der Waals surface area contributed by atoms with Gasteiger partial charge in [-0.2, -0.15) is 4.37 Å². The van der Waals surface area contributed by atoms with Crippen molar-refractivity contribution in [2.24, 2.45) is 0 Å². The standard InChI is InChI=1S/C17H18BrN3OS/c1-2-8-21-10-17(9-14(21)22)7-6-11-12(4-3-5-13(11)17)15-19-16(18)20-23-15/h3-5H,2,6-10H2,1H3. The van der Waals surface area contributed by atoms with E-state index in [1.807, 2.05) is 4.90 Å². The summed E-state index contributed by atoms with van der Waals surface area (Å²) >= 11 is 4.76. The Morgan fingerprint density at radius 2 is 2.30 bits per heavy atom. The molecule has 120 valence electrons. The van der Waals surface area contributed by atoms with Gasteiger partial charge in [0.2, 0.25) is 10.6 Å². The highest BCUT2D eigenvalue weighted by Gasteiger charge is 2.48. The molecule has 0 bridgehead atoms. The Bertz CT molecular complexity index is 775. The lowest BCUT2D eigenvalue weighted by Crippen LogP contribution is -2.30. The maximum Gasteiger partial charge on any atom is 0.223 e. The number of likely N-dealkylation sites (tertiary alicyclic amines) is 1. The molecule has 1 spiro atoms. The van der Waals surface area contributed by atoms with Crippen LogP contribution in [-0.2, 0) is 16.6 Å². The molecule has 1 atom stereocenters. The van der Waals surface area contributed by atoms with Crippen molar-refractivity contribution >= 4 is 33.4 Å². The van der Waals surface area contributed by atoms with E-state index < -0.39 is 0 Å². The van der Waals surface area contributed by atoms with E-state index in [4.69, 9.17) is 0 Å². The predicted molar refractivity (Wildman–Crippen MR) is 94.5 cm³/mol. The maximum absolute atomic E-state index is 12.4. The van der Waals surface area contributed by atoms with Crippen LogP contribution in [0.2, 0.25) is 0 Å². The van der Waals surface area contributed by atoms with Gasteiger partial charge in [0.25, 0.3) is 0 Å². The van der Waals surface area contributed by atoms with E-state index in [0.717, 1.165) is 37.4 Å². The van der Waals surface area contributed by atoms with Gasteiger partial charge >= 0.3 is 0 Å². The second-order valence-electron chi connectivity index (χ2n) is 6.47. The lowest BCUT2D eigenvalue weighted by atomic mass is 9.80. The predicted octanol–water partition coefficient (Wildman–Crippen LogP) is 3.79. The van der Waals surface area contributed by atoms with Crippen LogP contribution in [0.15, 0.2) is 22.9 Å². The van der Waals surface area contributed by atoms with E-state index in [0.29, 0.717) is 17.1 Å². The first kappa shape index (κ1) is 15.3. The molecule has 1 fully saturated rings. The van der Waals surface area contributed by atoms with Gasteiger partial charge in [-0.05, 0) is 57.9 Å². The van der Waals surface area contributed by atoms with Crippen LogP contribution in [0.5, 0.6) is 0 Å². The van der Waals surface area contributed by atoms with Crippen molar-refractivity contribution in [3.8, 4) is 10.6 Å². The number of hydrogen-bond acceptors (Lipinski definition) is 4. The van der Waals surface area contributed by atoms with Crippen molar-refractivity contribution in [2.45, 2.75) is 38.0 Å². The third-order valence-corrected chi connectivity index (χ3v) is 6.40. The summed E-state index contributed by atoms with van der Waals surface area (Å²) in [5.74, 6) is 0.309. The number of carbonyl (C=O) groups is 1. The highest BCUT2D eigenvalue weighted by atomic mass is 79.9. The van der Waals surface area contributed by atoms with Crippen molar-refractivity contribution in [2.75, 3.05) is 13.1 Å². The zero-order chi connectivity index (χ0) is 16.0. The number of hydrogen-bond donors (Lipinski definition) is 0. The summed E-state index contributed by atoms with van der Waals surface area (Å²) in [4.78, 5) is 18.9. The monoisotopic (exact) mass is 391 g/mol. The summed E-state index contributed by atoms with van der Waals surface area (Å²) in [6.07, 6.45) is 3.76. The maximum atomic E-state index is 12.4. The van der Waals surface area contributed by atoms with Gasteiger partial charge in [-0.1, -0.05) is 25.1 Å². The first-order valence-electron chi connectivity index (χ1n) is 8.03. The summed E-state index contributed by atoms with van der Waals surface area (Å²) in [6.45, 7) is 3.88. The topological polar surface area (TPSA) is 46.1 Å². The van der Waals surface area contributed by atoms with E-state index in [9.17, 15) is 4.79 Å². The SMILES string of the molecule is CCCN1CC2(CCc3c(-c4nc(Br)ns4)cccc32)CC1=O. The number of aromatic nitrogens is 2. The number of benzene rings is 1. The van der Waals surface area contributed by atoms with Crippen molar-refractivity contribution in [1.82, 2.24) is 14.3 Å². The van der Waals surface area contributed by atoms with Crippen LogP contribution in [-0.4, -0.2) is 33.3 Å². The summed E-state index contributed by atoms with van der Waals surface area (Å²) in [5.41, 5.74) is 3.92. The Morgan fingerprint density at radius 3 is 3.04 bits per heavy atom. The molecule has 2 heterocycles. The Hall–Kier alpha value is -1.27. The molecular weight excluding hydrogens is 374 g/mol. The Labute approximate surface area is 148 Å². The number of carbonyl (C=O) groups excluding carboxylic acids is 1. The fourth-order valence-corrected chi connectivity index (χ4v) is 5.23. The Morgan fingerprint density at radius 1 is 1.43 bits per heavy atom. The van der Waals surface area contributed by atoms with E-state index >= 15 is 0 Å². The van der Waals surface area contributed by atoms with Gasteiger partial charge in [-0.3, -0.25) is 4.79 Å². The zero-order valence-electron chi connectivity index (χ0n) is 13.0. The van der Waals surface area contributed by atoms with Crippen LogP contribution in [0.1, 0.15) is 37.3 Å². The molecule has 1 aliphatic heterocycles. The molecule has 1 aliphatic carbocycles. The number of amides is 1. The van der Waals surface area contributed by atoms with Crippen molar-refractivity contribution in [3.63, 3.8) is 0 Å². The molecule has 0 saturated carbocycles. The molecule has 4 rings (SSSR count). The normalized spacial score (nSPS) is 23.0. The number of rotatable bonds is 3. The third-order valence-electron chi connectivity index (χ3n) is 5.06. The van der Waals surface area contributed by atoms with Gasteiger partial charge in [-0.25, -0.2) is 4.98 Å². The first-order chi connectivity index (χ1) is 11.1. The second kappa shape index (κ2) is 5.67. The van der Waals surface area contributed by atoms with Gasteiger partial charge in [0.1, 0.15) is 5.01 Å². The lowest BCUT2D eigenvalue weighted by Gasteiger charge is -2.25. The van der Waals surface area contributed by atoms with Crippen LogP contribution >= 0.6 is 27.5 Å². The Kier molecular flexibility index (Phi) is 3.76. The van der Waals surface area contributed by atoms with Crippen LogP contribution in [0, 0.1) is 0 Å². The van der Waals surface area contributed by atoms with Crippen molar-refractivity contribution in [3.05, 3.63) is 34.1 Å². The first-order valence-corrected chi connectivity index (χ1v) is 9.59. The molecule has 6 heteroatoms. The fraction of sp³-hybridized carbons (Fsp3) is 0.471. The smallest absolute Gasteiger partial charge is 0.223 e. The molecule has 0 radical (unpaired) electrons. The van der Waals surface area contributed by atoms with Crippen LogP contribution in [0.4, 0.5) is 0 Å². The average Bonchev–Trinajstić information content (AvgIpc) is 3.20. The molecule has 1 aromatic heterocycles. The fourth-order valence-electron chi connectivity index (χ4n) is 4.10. The van der Waals surface area contributed by atoms with Crippen LogP contribution < -0.4 is 0 Å². The van der Waals surface area contributed by atoms with Crippen molar-refractivity contribution < 1.29 is 4.79 Å². The molecule has 1 amide bonds. The van der Waals surface area contributed by atoms with E-state index in [1.54, 1.807) is 0 Å². The molecule has 1 saturated heterocycles. The highest BCUT2D eigenvalue weighted by molar-refractivity contribution is 9.10. The van der Waals surface area contributed by atoms with E-state index in [1.165, 1.54) is 28.2 Å². The number of fused-ring (bicyclic) bond motifs is 2. The summed E-state index contributed by atoms with van der Waals surface area (Å²) in [5, 5.41) is 0.959. The van der Waals surface area contributed by atoms with Gasteiger partial charge in [0.15, 0.2) is 0 Å². The van der Waals surface area contributed by atoms with Crippen LogP contribution in [0.3, 0.4) is 0 Å². The zero-order valence-corrected chi connectivity index (χ0v) is 15.4. The van der Waals surface area contributed by atoms with Gasteiger partial charge in [0.05, 0.1) is 0 Å². The largest absolute Gasteiger partial charge is 0.342 e. The second-order valence-corrected chi connectivity index (χ2v) is 7.93. The highest BCUT2D eigenvalue weighted by Crippen LogP contribution is 2.48. The molecule has 1 unspecified atom stereocenters. The van der Waals surface area contributed by atoms with Gasteiger partial charge < -0.3 is 4.90 Å². The minimum Gasteiger partial charge on any atom is -0.342 e. The molecule has 2 aliphatic rings. The third kappa shape index (κ3) is 2.43. The summed E-state index contributed by atoms with van der Waals surface area (Å²) in [6, 6.07) is 6.44. The lowest BCUT2D eigenvalue weighted by molar-refractivity contribution is -0.127. The number of nitrogens with zero attached hydrogens (tertiary/aromatic N) is 3. The van der Waals surface area contributed by atoms with Gasteiger partial charge in [0, 0.05) is 30.5 Å². The average molecular weight is 392 g/mol. The van der Waals surface area contributed by atoms with E-state index in [-0.39, 0.29) is 5.41 Å². The molecular formula is C17H18BrN3OS. The Balaban J connectivity index is 1.75. The minimum absolute atomic E-state index is 0.0134. The molecule has 2 aromatic rings. The molecule has 23 heavy (non-hydrogen) atoms. The summed E-state index contributed by atoms with van der Waals surface area (Å²) in [7, 11) is 0.